The maximum absolute atomic E-state index is 11.3. The number of carbonyl (C=O) groups excluding carboxylic acids is 1. The van der Waals surface area contributed by atoms with Gasteiger partial charge in [0, 0.05) is 12.8 Å². The van der Waals surface area contributed by atoms with Crippen molar-refractivity contribution in [2.75, 3.05) is 6.61 Å². The van der Waals surface area contributed by atoms with Crippen molar-refractivity contribution in [3.05, 3.63) is 0 Å². The Labute approximate surface area is 103 Å². The zero-order valence-electron chi connectivity index (χ0n) is 9.11. The molecule has 0 radical (unpaired) electrons. The van der Waals surface area contributed by atoms with Gasteiger partial charge in [0.05, 0.1) is 5.92 Å². The standard InChI is InChI=1S/C11H14BrNO3/c1-3-4-5-6-10(14)15-7-9-8(2)16-13-11(9)12/h1,8-9H,4-7H2,2H3/t8-,9+/m1/s1. The van der Waals surface area contributed by atoms with Crippen LogP contribution in [0.3, 0.4) is 0 Å². The molecular weight excluding hydrogens is 274 g/mol. The molecular formula is C11H14BrNO3. The normalized spacial score (nSPS) is 23.2. The van der Waals surface area contributed by atoms with Crippen LogP contribution in [0.4, 0.5) is 0 Å². The van der Waals surface area contributed by atoms with E-state index in [9.17, 15) is 4.79 Å². The lowest BCUT2D eigenvalue weighted by molar-refractivity contribution is -0.145. The maximum Gasteiger partial charge on any atom is 0.305 e. The summed E-state index contributed by atoms with van der Waals surface area (Å²) in [6, 6.07) is 0. The van der Waals surface area contributed by atoms with Gasteiger partial charge in [0.25, 0.3) is 0 Å². The van der Waals surface area contributed by atoms with Crippen LogP contribution in [-0.4, -0.2) is 23.3 Å². The molecule has 4 nitrogen and oxygen atoms in total. The van der Waals surface area contributed by atoms with E-state index < -0.39 is 0 Å². The maximum atomic E-state index is 11.3. The van der Waals surface area contributed by atoms with E-state index in [2.05, 4.69) is 27.0 Å². The smallest absolute Gasteiger partial charge is 0.305 e. The molecule has 0 aromatic rings. The first kappa shape index (κ1) is 13.0. The number of halogens is 1. The molecule has 0 spiro atoms. The number of hydrogen-bond donors (Lipinski definition) is 0. The first-order valence-electron chi connectivity index (χ1n) is 5.13. The molecule has 0 N–H and O–H groups in total. The van der Waals surface area contributed by atoms with Crippen molar-refractivity contribution in [2.24, 2.45) is 11.1 Å². The van der Waals surface area contributed by atoms with Crippen molar-refractivity contribution in [2.45, 2.75) is 32.3 Å². The van der Waals surface area contributed by atoms with Crippen molar-refractivity contribution in [3.63, 3.8) is 0 Å². The molecule has 16 heavy (non-hydrogen) atoms. The van der Waals surface area contributed by atoms with Gasteiger partial charge in [0.2, 0.25) is 0 Å². The van der Waals surface area contributed by atoms with Crippen molar-refractivity contribution in [3.8, 4) is 12.3 Å². The summed E-state index contributed by atoms with van der Waals surface area (Å²) in [7, 11) is 0. The second-order valence-corrected chi connectivity index (χ2v) is 4.38. The van der Waals surface area contributed by atoms with Gasteiger partial charge in [-0.05, 0) is 29.3 Å². The van der Waals surface area contributed by atoms with Crippen LogP contribution in [-0.2, 0) is 14.4 Å². The quantitative estimate of drug-likeness (QED) is 0.442. The van der Waals surface area contributed by atoms with Crippen LogP contribution >= 0.6 is 15.9 Å². The molecule has 0 unspecified atom stereocenters. The summed E-state index contributed by atoms with van der Waals surface area (Å²) in [5.74, 6) is 2.25. The largest absolute Gasteiger partial charge is 0.465 e. The summed E-state index contributed by atoms with van der Waals surface area (Å²) in [5, 5.41) is 3.77. The van der Waals surface area contributed by atoms with E-state index in [1.807, 2.05) is 6.92 Å². The second kappa shape index (κ2) is 6.54. The predicted molar refractivity (Wildman–Crippen MR) is 64.0 cm³/mol. The third-order valence-electron chi connectivity index (χ3n) is 2.30. The van der Waals surface area contributed by atoms with Gasteiger partial charge in [-0.2, -0.15) is 0 Å². The van der Waals surface area contributed by atoms with Crippen LogP contribution in [0, 0.1) is 18.3 Å². The highest BCUT2D eigenvalue weighted by molar-refractivity contribution is 9.18. The Morgan fingerprint density at radius 1 is 1.75 bits per heavy atom. The minimum Gasteiger partial charge on any atom is -0.465 e. The van der Waals surface area contributed by atoms with Gasteiger partial charge in [-0.15, -0.1) is 12.3 Å². The van der Waals surface area contributed by atoms with Crippen LogP contribution in [0.15, 0.2) is 5.16 Å². The fraction of sp³-hybridized carbons (Fsp3) is 0.636. The molecule has 0 bridgehead atoms. The van der Waals surface area contributed by atoms with Crippen LogP contribution < -0.4 is 0 Å². The number of carbonyl (C=O) groups is 1. The molecule has 0 saturated carbocycles. The molecule has 5 heteroatoms. The molecule has 1 aliphatic heterocycles. The summed E-state index contributed by atoms with van der Waals surface area (Å²) in [4.78, 5) is 16.3. The molecule has 88 valence electrons. The van der Waals surface area contributed by atoms with Crippen molar-refractivity contribution < 1.29 is 14.4 Å². The van der Waals surface area contributed by atoms with Gasteiger partial charge >= 0.3 is 5.97 Å². The predicted octanol–water partition coefficient (Wildman–Crippen LogP) is 2.08. The first-order valence-corrected chi connectivity index (χ1v) is 5.92. The lowest BCUT2D eigenvalue weighted by Crippen LogP contribution is -2.24. The summed E-state index contributed by atoms with van der Waals surface area (Å²) in [6.07, 6.45) is 6.65. The van der Waals surface area contributed by atoms with E-state index >= 15 is 0 Å². The average molecular weight is 288 g/mol. The van der Waals surface area contributed by atoms with E-state index in [1.165, 1.54) is 0 Å². The fourth-order valence-corrected chi connectivity index (χ4v) is 1.85. The lowest BCUT2D eigenvalue weighted by Gasteiger charge is -2.13. The number of ether oxygens (including phenoxy) is 1. The zero-order chi connectivity index (χ0) is 12.0. The van der Waals surface area contributed by atoms with Crippen molar-refractivity contribution in [1.82, 2.24) is 0 Å². The number of nitrogens with zero attached hydrogens (tertiary/aromatic N) is 1. The molecule has 0 fully saturated rings. The third-order valence-corrected chi connectivity index (χ3v) is 3.04. The number of oxime groups is 1. The van der Waals surface area contributed by atoms with E-state index in [-0.39, 0.29) is 18.0 Å². The number of esters is 1. The Balaban J connectivity index is 2.22. The monoisotopic (exact) mass is 287 g/mol. The highest BCUT2D eigenvalue weighted by atomic mass is 79.9. The van der Waals surface area contributed by atoms with Gasteiger partial charge < -0.3 is 9.57 Å². The summed E-state index contributed by atoms with van der Waals surface area (Å²) in [6.45, 7) is 2.18. The Morgan fingerprint density at radius 2 is 2.50 bits per heavy atom. The highest BCUT2D eigenvalue weighted by Crippen LogP contribution is 2.22. The lowest BCUT2D eigenvalue weighted by atomic mass is 10.1. The minimum absolute atomic E-state index is 0.00316. The van der Waals surface area contributed by atoms with E-state index in [0.29, 0.717) is 30.5 Å². The van der Waals surface area contributed by atoms with Gasteiger partial charge in [-0.25, -0.2) is 0 Å². The van der Waals surface area contributed by atoms with Crippen LogP contribution in [0.5, 0.6) is 0 Å². The molecule has 1 rings (SSSR count). The van der Waals surface area contributed by atoms with Crippen molar-refractivity contribution >= 4 is 26.5 Å². The molecule has 0 aromatic carbocycles. The average Bonchev–Trinajstić information content (AvgIpc) is 2.57. The number of unbranched alkanes of at least 4 members (excludes halogenated alkanes) is 1. The van der Waals surface area contributed by atoms with Crippen LogP contribution in [0.1, 0.15) is 26.2 Å². The second-order valence-electron chi connectivity index (χ2n) is 3.57. The minimum atomic E-state index is -0.227. The summed E-state index contributed by atoms with van der Waals surface area (Å²) >= 11 is 3.27. The van der Waals surface area contributed by atoms with Gasteiger partial charge in [-0.1, -0.05) is 5.16 Å². The van der Waals surface area contributed by atoms with E-state index in [0.717, 1.165) is 0 Å². The molecule has 0 amide bonds. The Bertz CT molecular complexity index is 322. The van der Waals surface area contributed by atoms with Gasteiger partial charge in [0.15, 0.2) is 0 Å². The Kier molecular flexibility index (Phi) is 5.33. The zero-order valence-corrected chi connectivity index (χ0v) is 10.7. The van der Waals surface area contributed by atoms with Crippen molar-refractivity contribution in [1.29, 1.82) is 0 Å². The van der Waals surface area contributed by atoms with E-state index in [1.54, 1.807) is 0 Å². The Morgan fingerprint density at radius 3 is 3.06 bits per heavy atom. The van der Waals surface area contributed by atoms with Crippen LogP contribution in [0.2, 0.25) is 0 Å². The molecule has 0 aliphatic carbocycles. The summed E-state index contributed by atoms with van der Waals surface area (Å²) < 4.78 is 5.81. The number of terminal acetylenes is 1. The van der Waals surface area contributed by atoms with Crippen LogP contribution in [0.25, 0.3) is 0 Å². The van der Waals surface area contributed by atoms with E-state index in [4.69, 9.17) is 16.0 Å². The van der Waals surface area contributed by atoms with Gasteiger partial charge in [-0.3, -0.25) is 4.79 Å². The molecule has 0 saturated heterocycles. The molecule has 1 heterocycles. The first-order chi connectivity index (χ1) is 7.65. The Hall–Kier alpha value is -1.02. The number of hydrogen-bond acceptors (Lipinski definition) is 4. The number of rotatable bonds is 5. The molecule has 0 aromatic heterocycles. The highest BCUT2D eigenvalue weighted by Gasteiger charge is 2.30. The summed E-state index contributed by atoms with van der Waals surface area (Å²) in [5.41, 5.74) is 0. The SMILES string of the molecule is C#CCCCC(=O)OC[C@@H]1C(Br)=NO[C@@H]1C. The third kappa shape index (κ3) is 3.86. The molecule has 2 atom stereocenters. The topological polar surface area (TPSA) is 47.9 Å². The van der Waals surface area contributed by atoms with Gasteiger partial charge in [0.1, 0.15) is 17.3 Å². The molecule has 1 aliphatic rings. The fourth-order valence-electron chi connectivity index (χ4n) is 1.26.